The molecule has 0 bridgehead atoms. The van der Waals surface area contributed by atoms with E-state index in [2.05, 4.69) is 4.18 Å². The Hall–Kier alpha value is -0.920. The van der Waals surface area contributed by atoms with Gasteiger partial charge in [0.2, 0.25) is 0 Å². The minimum Gasteiger partial charge on any atom is -0.397 e. The van der Waals surface area contributed by atoms with Gasteiger partial charge in [0.05, 0.1) is 18.5 Å². The summed E-state index contributed by atoms with van der Waals surface area (Å²) in [5, 5.41) is 0. The molecule has 0 unspecified atom stereocenters. The average molecular weight is 234 g/mol. The van der Waals surface area contributed by atoms with Gasteiger partial charge in [0, 0.05) is 15.7 Å². The van der Waals surface area contributed by atoms with E-state index in [1.807, 2.05) is 0 Å². The quantitative estimate of drug-likeness (QED) is 0.594. The third kappa shape index (κ3) is 2.79. The van der Waals surface area contributed by atoms with Crippen LogP contribution in [0.5, 0.6) is 0 Å². The Morgan fingerprint density at radius 1 is 1.29 bits per heavy atom. The molecule has 0 spiro atoms. The maximum atomic E-state index is 11.0. The van der Waals surface area contributed by atoms with Crippen LogP contribution in [0.4, 0.5) is 11.4 Å². The van der Waals surface area contributed by atoms with Crippen LogP contribution in [0.15, 0.2) is 23.1 Å². The van der Waals surface area contributed by atoms with E-state index < -0.39 is 9.15 Å². The molecule has 5 nitrogen and oxygen atoms in total. The molecule has 7 heteroatoms. The van der Waals surface area contributed by atoms with Crippen molar-refractivity contribution in [3.05, 3.63) is 18.2 Å². The number of benzene rings is 1. The molecule has 0 aliphatic carbocycles. The monoisotopic (exact) mass is 234 g/mol. The SMILES string of the molecule is COS(=O)(=O)Sc1ccc(N)c(N)c1. The van der Waals surface area contributed by atoms with Crippen molar-refractivity contribution in [3.63, 3.8) is 0 Å². The number of rotatable bonds is 3. The van der Waals surface area contributed by atoms with Crippen molar-refractivity contribution >= 4 is 31.3 Å². The molecule has 0 radical (unpaired) electrons. The summed E-state index contributed by atoms with van der Waals surface area (Å²) >= 11 is 0. The molecule has 1 rings (SSSR count). The first-order chi connectivity index (χ1) is 6.44. The highest BCUT2D eigenvalue weighted by molar-refractivity contribution is 8.70. The Morgan fingerprint density at radius 2 is 1.93 bits per heavy atom. The molecule has 0 atom stereocenters. The van der Waals surface area contributed by atoms with E-state index in [1.54, 1.807) is 12.1 Å². The van der Waals surface area contributed by atoms with Crippen LogP contribution >= 0.6 is 10.8 Å². The highest BCUT2D eigenvalue weighted by atomic mass is 33.1. The van der Waals surface area contributed by atoms with E-state index in [-0.39, 0.29) is 0 Å². The highest BCUT2D eigenvalue weighted by Crippen LogP contribution is 2.28. The van der Waals surface area contributed by atoms with Crippen molar-refractivity contribution in [1.29, 1.82) is 0 Å². The molecule has 0 aliphatic heterocycles. The summed E-state index contributed by atoms with van der Waals surface area (Å²) in [6.45, 7) is 0. The number of anilines is 2. The standard InChI is InChI=1S/C7H10N2O3S2/c1-12-14(10,11)13-5-2-3-6(8)7(9)4-5/h2-4H,8-9H2,1H3. The van der Waals surface area contributed by atoms with Gasteiger partial charge in [0.25, 0.3) is 0 Å². The molecule has 4 N–H and O–H groups in total. The number of hydrogen-bond acceptors (Lipinski definition) is 6. The number of hydrogen-bond donors (Lipinski definition) is 2. The van der Waals surface area contributed by atoms with Crippen molar-refractivity contribution < 1.29 is 12.6 Å². The van der Waals surface area contributed by atoms with E-state index in [0.29, 0.717) is 27.1 Å². The van der Waals surface area contributed by atoms with Crippen LogP contribution in [-0.4, -0.2) is 15.5 Å². The fourth-order valence-electron chi connectivity index (χ4n) is 0.757. The van der Waals surface area contributed by atoms with Crippen LogP contribution in [0.2, 0.25) is 0 Å². The molecular weight excluding hydrogens is 224 g/mol. The lowest BCUT2D eigenvalue weighted by molar-refractivity contribution is 0.413. The third-order valence-corrected chi connectivity index (χ3v) is 4.12. The van der Waals surface area contributed by atoms with Crippen LogP contribution in [0, 0.1) is 0 Å². The van der Waals surface area contributed by atoms with E-state index in [9.17, 15) is 8.42 Å². The first-order valence-electron chi connectivity index (χ1n) is 3.59. The van der Waals surface area contributed by atoms with Crippen molar-refractivity contribution in [2.24, 2.45) is 0 Å². The van der Waals surface area contributed by atoms with Crippen molar-refractivity contribution in [2.75, 3.05) is 18.6 Å². The van der Waals surface area contributed by atoms with Gasteiger partial charge in [-0.25, -0.2) is 0 Å². The van der Waals surface area contributed by atoms with Crippen LogP contribution in [0.3, 0.4) is 0 Å². The number of nitrogen functional groups attached to an aromatic ring is 2. The summed E-state index contributed by atoms with van der Waals surface area (Å²) in [4.78, 5) is 0.471. The van der Waals surface area contributed by atoms with Gasteiger partial charge in [0.15, 0.2) is 0 Å². The second-order valence-corrected chi connectivity index (χ2v) is 5.96. The third-order valence-electron chi connectivity index (χ3n) is 1.46. The van der Waals surface area contributed by atoms with E-state index in [1.165, 1.54) is 6.07 Å². The van der Waals surface area contributed by atoms with Crippen LogP contribution in [0.1, 0.15) is 0 Å². The summed E-state index contributed by atoms with van der Waals surface area (Å²) in [6.07, 6.45) is 0. The van der Waals surface area contributed by atoms with E-state index >= 15 is 0 Å². The van der Waals surface area contributed by atoms with Gasteiger partial charge in [-0.2, -0.15) is 8.42 Å². The minimum absolute atomic E-state index is 0.348. The second-order valence-electron chi connectivity index (χ2n) is 2.45. The molecule has 1 aromatic rings. The van der Waals surface area contributed by atoms with Gasteiger partial charge in [-0.3, -0.25) is 4.18 Å². The molecule has 0 amide bonds. The highest BCUT2D eigenvalue weighted by Gasteiger charge is 2.11. The van der Waals surface area contributed by atoms with Gasteiger partial charge in [-0.05, 0) is 18.2 Å². The van der Waals surface area contributed by atoms with E-state index in [4.69, 9.17) is 11.5 Å². The van der Waals surface area contributed by atoms with Gasteiger partial charge >= 0.3 is 9.15 Å². The maximum Gasteiger partial charge on any atom is 0.326 e. The minimum atomic E-state index is -3.58. The average Bonchev–Trinajstić information content (AvgIpc) is 2.11. The van der Waals surface area contributed by atoms with Gasteiger partial charge in [0.1, 0.15) is 0 Å². The Kier molecular flexibility index (Phi) is 3.25. The number of nitrogens with two attached hydrogens (primary N) is 2. The summed E-state index contributed by atoms with van der Waals surface area (Å²) in [7, 11) is -1.90. The zero-order chi connectivity index (χ0) is 10.8. The molecule has 0 aliphatic rings. The Bertz CT molecular complexity index is 431. The lowest BCUT2D eigenvalue weighted by Gasteiger charge is -2.03. The van der Waals surface area contributed by atoms with Gasteiger partial charge in [-0.15, -0.1) is 0 Å². The smallest absolute Gasteiger partial charge is 0.326 e. The Morgan fingerprint density at radius 3 is 2.43 bits per heavy atom. The normalized spacial score (nSPS) is 11.5. The molecule has 1 aromatic carbocycles. The largest absolute Gasteiger partial charge is 0.397 e. The summed E-state index contributed by atoms with van der Waals surface area (Å²) in [5.41, 5.74) is 11.7. The fraction of sp³-hybridized carbons (Fsp3) is 0.143. The first kappa shape index (κ1) is 11.2. The van der Waals surface area contributed by atoms with E-state index in [0.717, 1.165) is 7.11 Å². The van der Waals surface area contributed by atoms with Gasteiger partial charge in [-0.1, -0.05) is 0 Å². The molecule has 0 fully saturated rings. The molecule has 0 aromatic heterocycles. The predicted octanol–water partition coefficient (Wildman–Crippen LogP) is 0.834. The maximum absolute atomic E-state index is 11.0. The van der Waals surface area contributed by atoms with Crippen molar-refractivity contribution in [3.8, 4) is 0 Å². The molecule has 0 saturated carbocycles. The lowest BCUT2D eigenvalue weighted by atomic mass is 10.3. The van der Waals surface area contributed by atoms with Crippen molar-refractivity contribution in [2.45, 2.75) is 4.90 Å². The molecular formula is C7H10N2O3S2. The predicted molar refractivity (Wildman–Crippen MR) is 57.1 cm³/mol. The zero-order valence-electron chi connectivity index (χ0n) is 7.43. The van der Waals surface area contributed by atoms with Crippen LogP contribution in [0.25, 0.3) is 0 Å². The van der Waals surface area contributed by atoms with Crippen molar-refractivity contribution in [1.82, 2.24) is 0 Å². The Balaban J connectivity index is 2.94. The molecule has 0 heterocycles. The first-order valence-corrected chi connectivity index (χ1v) is 6.34. The summed E-state index contributed by atoms with van der Waals surface area (Å²) in [6, 6.07) is 4.59. The Labute approximate surface area is 85.9 Å². The summed E-state index contributed by atoms with van der Waals surface area (Å²) in [5.74, 6) is 0. The summed E-state index contributed by atoms with van der Waals surface area (Å²) < 4.78 is 26.3. The topological polar surface area (TPSA) is 95.4 Å². The van der Waals surface area contributed by atoms with Crippen LogP contribution < -0.4 is 11.5 Å². The molecule has 14 heavy (non-hydrogen) atoms. The molecule has 78 valence electrons. The van der Waals surface area contributed by atoms with Crippen LogP contribution in [-0.2, 0) is 13.3 Å². The van der Waals surface area contributed by atoms with Gasteiger partial charge < -0.3 is 11.5 Å². The zero-order valence-corrected chi connectivity index (χ0v) is 9.06. The second kappa shape index (κ2) is 4.07. The fourth-order valence-corrected chi connectivity index (χ4v) is 2.58. The molecule has 0 saturated heterocycles. The lowest BCUT2D eigenvalue weighted by Crippen LogP contribution is -1.97.